The standard InChI is InChI=1S/C18H21NO3/c1-11(10-22-14(4)20)16-12(2)19-13(3)17(16)18(21)15-8-6-5-7-9-15/h5-9,11,19H,10H2,1-4H3/t11-/m0/s1. The summed E-state index contributed by atoms with van der Waals surface area (Å²) in [6.07, 6.45) is 0. The zero-order valence-electron chi connectivity index (χ0n) is 13.4. The lowest BCUT2D eigenvalue weighted by Gasteiger charge is -2.14. The number of rotatable bonds is 5. The van der Waals surface area contributed by atoms with Crippen LogP contribution < -0.4 is 0 Å². The van der Waals surface area contributed by atoms with Crippen LogP contribution in [0.5, 0.6) is 0 Å². The van der Waals surface area contributed by atoms with Gasteiger partial charge in [0, 0.05) is 35.4 Å². The molecule has 4 heteroatoms. The number of ether oxygens (including phenoxy) is 1. The number of aromatic nitrogens is 1. The zero-order chi connectivity index (χ0) is 16.3. The minimum Gasteiger partial charge on any atom is -0.465 e. The normalized spacial score (nSPS) is 12.0. The molecule has 0 saturated carbocycles. The summed E-state index contributed by atoms with van der Waals surface area (Å²) >= 11 is 0. The molecule has 1 atom stereocenters. The van der Waals surface area contributed by atoms with E-state index in [0.717, 1.165) is 17.0 Å². The molecule has 0 fully saturated rings. The molecule has 0 aliphatic rings. The molecule has 2 aromatic rings. The SMILES string of the molecule is CC(=O)OC[C@H](C)c1c(C)[nH]c(C)c1C(=O)c1ccccc1. The Balaban J connectivity index is 2.39. The van der Waals surface area contributed by atoms with Crippen LogP contribution in [0.1, 0.15) is 52.6 Å². The average Bonchev–Trinajstić information content (AvgIpc) is 2.79. The Morgan fingerprint density at radius 2 is 1.77 bits per heavy atom. The van der Waals surface area contributed by atoms with E-state index in [2.05, 4.69) is 4.98 Å². The third-order valence-corrected chi connectivity index (χ3v) is 3.72. The number of hydrogen-bond donors (Lipinski definition) is 1. The lowest BCUT2D eigenvalue weighted by atomic mass is 9.92. The number of H-pyrrole nitrogens is 1. The van der Waals surface area contributed by atoms with Crippen LogP contribution in [0.4, 0.5) is 0 Å². The third-order valence-electron chi connectivity index (χ3n) is 3.72. The van der Waals surface area contributed by atoms with Crippen molar-refractivity contribution in [2.24, 2.45) is 0 Å². The second kappa shape index (κ2) is 6.60. The van der Waals surface area contributed by atoms with Gasteiger partial charge in [0.2, 0.25) is 0 Å². The second-order valence-corrected chi connectivity index (χ2v) is 5.56. The fourth-order valence-electron chi connectivity index (χ4n) is 2.77. The quantitative estimate of drug-likeness (QED) is 0.678. The number of ketones is 1. The lowest BCUT2D eigenvalue weighted by molar-refractivity contribution is -0.141. The second-order valence-electron chi connectivity index (χ2n) is 5.56. The highest BCUT2D eigenvalue weighted by Crippen LogP contribution is 2.29. The number of aromatic amines is 1. The molecule has 1 aromatic carbocycles. The molecular formula is C18H21NO3. The van der Waals surface area contributed by atoms with Crippen LogP contribution in [0.3, 0.4) is 0 Å². The van der Waals surface area contributed by atoms with E-state index in [1.165, 1.54) is 6.92 Å². The topological polar surface area (TPSA) is 59.2 Å². The van der Waals surface area contributed by atoms with E-state index in [0.29, 0.717) is 11.1 Å². The van der Waals surface area contributed by atoms with Gasteiger partial charge < -0.3 is 9.72 Å². The van der Waals surface area contributed by atoms with Crippen molar-refractivity contribution in [3.05, 3.63) is 58.4 Å². The van der Waals surface area contributed by atoms with Crippen LogP contribution in [0.15, 0.2) is 30.3 Å². The molecule has 0 spiro atoms. The Bertz CT molecular complexity index is 686. The molecule has 0 bridgehead atoms. The van der Waals surface area contributed by atoms with Gasteiger partial charge in [0.15, 0.2) is 5.78 Å². The molecule has 4 nitrogen and oxygen atoms in total. The van der Waals surface area contributed by atoms with Gasteiger partial charge in [-0.2, -0.15) is 0 Å². The maximum atomic E-state index is 12.8. The Labute approximate surface area is 130 Å². The fourth-order valence-corrected chi connectivity index (χ4v) is 2.77. The lowest BCUT2D eigenvalue weighted by Crippen LogP contribution is -2.13. The maximum Gasteiger partial charge on any atom is 0.302 e. The molecule has 2 rings (SSSR count). The van der Waals surface area contributed by atoms with Crippen LogP contribution in [0, 0.1) is 13.8 Å². The van der Waals surface area contributed by atoms with E-state index in [9.17, 15) is 9.59 Å². The highest BCUT2D eigenvalue weighted by atomic mass is 16.5. The van der Waals surface area contributed by atoms with Crippen LogP contribution in [-0.2, 0) is 9.53 Å². The number of nitrogens with one attached hydrogen (secondary N) is 1. The van der Waals surface area contributed by atoms with Crippen molar-refractivity contribution < 1.29 is 14.3 Å². The van der Waals surface area contributed by atoms with E-state index >= 15 is 0 Å². The number of benzene rings is 1. The van der Waals surface area contributed by atoms with Gasteiger partial charge in [-0.1, -0.05) is 37.3 Å². The molecule has 1 heterocycles. The van der Waals surface area contributed by atoms with E-state index in [4.69, 9.17) is 4.74 Å². The minimum absolute atomic E-state index is 0.00729. The summed E-state index contributed by atoms with van der Waals surface area (Å²) in [6, 6.07) is 9.21. The monoisotopic (exact) mass is 299 g/mol. The van der Waals surface area contributed by atoms with E-state index in [-0.39, 0.29) is 24.3 Å². The van der Waals surface area contributed by atoms with Crippen molar-refractivity contribution in [1.82, 2.24) is 4.98 Å². The molecule has 0 amide bonds. The molecule has 1 aromatic heterocycles. The molecule has 0 aliphatic carbocycles. The van der Waals surface area contributed by atoms with Crippen LogP contribution in [0.2, 0.25) is 0 Å². The van der Waals surface area contributed by atoms with Gasteiger partial charge in [0.05, 0.1) is 6.61 Å². The molecule has 0 radical (unpaired) electrons. The number of esters is 1. The van der Waals surface area contributed by atoms with Gasteiger partial charge in [0.1, 0.15) is 0 Å². The molecule has 22 heavy (non-hydrogen) atoms. The summed E-state index contributed by atoms with van der Waals surface area (Å²) in [7, 11) is 0. The van der Waals surface area contributed by atoms with Gasteiger partial charge in [-0.25, -0.2) is 0 Å². The summed E-state index contributed by atoms with van der Waals surface area (Å²) in [4.78, 5) is 27.1. The van der Waals surface area contributed by atoms with E-state index in [1.807, 2.05) is 51.1 Å². The Morgan fingerprint density at radius 3 is 2.36 bits per heavy atom. The molecule has 1 N–H and O–H groups in total. The molecule has 0 unspecified atom stereocenters. The number of carbonyl (C=O) groups is 2. The first-order valence-electron chi connectivity index (χ1n) is 7.34. The van der Waals surface area contributed by atoms with Crippen molar-refractivity contribution >= 4 is 11.8 Å². The van der Waals surface area contributed by atoms with Crippen molar-refractivity contribution in [3.8, 4) is 0 Å². The molecular weight excluding hydrogens is 278 g/mol. The zero-order valence-corrected chi connectivity index (χ0v) is 13.4. The van der Waals surface area contributed by atoms with Gasteiger partial charge >= 0.3 is 5.97 Å². The first-order valence-corrected chi connectivity index (χ1v) is 7.34. The Hall–Kier alpha value is -2.36. The van der Waals surface area contributed by atoms with Crippen molar-refractivity contribution in [2.45, 2.75) is 33.6 Å². The first-order chi connectivity index (χ1) is 10.4. The number of carbonyl (C=O) groups excluding carboxylic acids is 2. The average molecular weight is 299 g/mol. The largest absolute Gasteiger partial charge is 0.465 e. The number of hydrogen-bond acceptors (Lipinski definition) is 3. The molecule has 0 aliphatic heterocycles. The fraction of sp³-hybridized carbons (Fsp3) is 0.333. The highest BCUT2D eigenvalue weighted by molar-refractivity contribution is 6.11. The van der Waals surface area contributed by atoms with Gasteiger partial charge in [-0.15, -0.1) is 0 Å². The van der Waals surface area contributed by atoms with Crippen molar-refractivity contribution in [2.75, 3.05) is 6.61 Å². The summed E-state index contributed by atoms with van der Waals surface area (Å²) in [5.74, 6) is -0.365. The summed E-state index contributed by atoms with van der Waals surface area (Å²) in [5.41, 5.74) is 4.05. The minimum atomic E-state index is -0.312. The van der Waals surface area contributed by atoms with Crippen LogP contribution in [-0.4, -0.2) is 23.3 Å². The summed E-state index contributed by atoms with van der Waals surface area (Å²) in [6.45, 7) is 7.44. The van der Waals surface area contributed by atoms with Crippen molar-refractivity contribution in [3.63, 3.8) is 0 Å². The van der Waals surface area contributed by atoms with Gasteiger partial charge in [-0.3, -0.25) is 9.59 Å². The van der Waals surface area contributed by atoms with Gasteiger partial charge in [-0.05, 0) is 19.4 Å². The summed E-state index contributed by atoms with van der Waals surface area (Å²) < 4.78 is 5.10. The van der Waals surface area contributed by atoms with E-state index < -0.39 is 0 Å². The van der Waals surface area contributed by atoms with E-state index in [1.54, 1.807) is 0 Å². The van der Waals surface area contributed by atoms with Crippen molar-refractivity contribution in [1.29, 1.82) is 0 Å². The smallest absolute Gasteiger partial charge is 0.302 e. The third kappa shape index (κ3) is 3.27. The highest BCUT2D eigenvalue weighted by Gasteiger charge is 2.24. The maximum absolute atomic E-state index is 12.8. The van der Waals surface area contributed by atoms with Gasteiger partial charge in [0.25, 0.3) is 0 Å². The Morgan fingerprint density at radius 1 is 1.14 bits per heavy atom. The molecule has 0 saturated heterocycles. The summed E-state index contributed by atoms with van der Waals surface area (Å²) in [5, 5.41) is 0. The first kappa shape index (κ1) is 16.0. The predicted molar refractivity (Wildman–Crippen MR) is 85.2 cm³/mol. The number of aryl methyl sites for hydroxylation is 2. The predicted octanol–water partition coefficient (Wildman–Crippen LogP) is 3.53. The van der Waals surface area contributed by atoms with Crippen LogP contribution in [0.25, 0.3) is 0 Å². The Kier molecular flexibility index (Phi) is 4.81. The molecule has 116 valence electrons. The van der Waals surface area contributed by atoms with Crippen LogP contribution >= 0.6 is 0 Å².